The predicted octanol–water partition coefficient (Wildman–Crippen LogP) is 2.52. The number of oxime groups is 1. The molecule has 0 aliphatic heterocycles. The highest BCUT2D eigenvalue weighted by atomic mass is 16.6. The van der Waals surface area contributed by atoms with Crippen LogP contribution in [0.3, 0.4) is 0 Å². The molecule has 1 fully saturated rings. The van der Waals surface area contributed by atoms with Gasteiger partial charge in [-0.15, -0.1) is 0 Å². The first-order valence-electron chi connectivity index (χ1n) is 6.14. The molecule has 0 saturated heterocycles. The van der Waals surface area contributed by atoms with E-state index in [2.05, 4.69) is 40.1 Å². The summed E-state index contributed by atoms with van der Waals surface area (Å²) in [6.45, 7) is 5.87. The van der Waals surface area contributed by atoms with E-state index in [-0.39, 0.29) is 0 Å². The fourth-order valence-corrected chi connectivity index (χ4v) is 2.63. The Bertz CT molecular complexity index is 262. The lowest BCUT2D eigenvalue weighted by Crippen LogP contribution is -2.44. The lowest BCUT2D eigenvalue weighted by molar-refractivity contribution is -0.872. The highest BCUT2D eigenvalue weighted by molar-refractivity contribution is 5.87. The van der Waals surface area contributed by atoms with Gasteiger partial charge >= 0.3 is 0 Å². The minimum absolute atomic E-state index is 0.451. The molecule has 0 aromatic rings. The van der Waals surface area contributed by atoms with Crippen molar-refractivity contribution in [2.75, 3.05) is 34.8 Å². The molecule has 0 aromatic carbocycles. The second-order valence-corrected chi connectivity index (χ2v) is 6.80. The van der Waals surface area contributed by atoms with Crippen LogP contribution < -0.4 is 0 Å². The van der Waals surface area contributed by atoms with E-state index in [0.717, 1.165) is 17.4 Å². The van der Waals surface area contributed by atoms with Crippen LogP contribution in [-0.2, 0) is 4.84 Å². The number of hydrogen-bond donors (Lipinski definition) is 0. The molecule has 1 aliphatic carbocycles. The first kappa shape index (κ1) is 13.5. The van der Waals surface area contributed by atoms with E-state index in [1.165, 1.54) is 18.6 Å². The summed E-state index contributed by atoms with van der Waals surface area (Å²) >= 11 is 0. The van der Waals surface area contributed by atoms with E-state index in [4.69, 9.17) is 4.84 Å². The standard InChI is InChI=1S/C13H27N2O/c1-13(2)8-7-12(14-16-6)11(9-13)10-15(3,4)5/h11H,7-10H2,1-6H3/q+1/b14-12+. The highest BCUT2D eigenvalue weighted by Gasteiger charge is 2.35. The van der Waals surface area contributed by atoms with E-state index in [0.29, 0.717) is 11.3 Å². The molecule has 1 unspecified atom stereocenters. The van der Waals surface area contributed by atoms with Crippen LogP contribution in [-0.4, -0.2) is 45.0 Å². The Labute approximate surface area is 100 Å². The molecular weight excluding hydrogens is 200 g/mol. The summed E-state index contributed by atoms with van der Waals surface area (Å²) in [5.41, 5.74) is 1.71. The van der Waals surface area contributed by atoms with Gasteiger partial charge in [0.2, 0.25) is 0 Å². The van der Waals surface area contributed by atoms with Gasteiger partial charge in [0.1, 0.15) is 7.11 Å². The van der Waals surface area contributed by atoms with E-state index in [1.807, 2.05) is 0 Å². The zero-order valence-electron chi connectivity index (χ0n) is 11.7. The van der Waals surface area contributed by atoms with Crippen LogP contribution in [0.5, 0.6) is 0 Å². The van der Waals surface area contributed by atoms with E-state index >= 15 is 0 Å². The first-order valence-corrected chi connectivity index (χ1v) is 6.14. The Kier molecular flexibility index (Phi) is 4.00. The van der Waals surface area contributed by atoms with Crippen LogP contribution in [0.4, 0.5) is 0 Å². The van der Waals surface area contributed by atoms with E-state index in [1.54, 1.807) is 7.11 Å². The third-order valence-electron chi connectivity index (χ3n) is 3.30. The van der Waals surface area contributed by atoms with Crippen LogP contribution in [0.25, 0.3) is 0 Å². The molecule has 0 N–H and O–H groups in total. The van der Waals surface area contributed by atoms with Gasteiger partial charge in [-0.1, -0.05) is 19.0 Å². The summed E-state index contributed by atoms with van der Waals surface area (Å²) in [4.78, 5) is 4.98. The summed E-state index contributed by atoms with van der Waals surface area (Å²) < 4.78 is 0.990. The number of hydrogen-bond acceptors (Lipinski definition) is 2. The predicted molar refractivity (Wildman–Crippen MR) is 68.5 cm³/mol. The second-order valence-electron chi connectivity index (χ2n) is 6.80. The molecule has 1 rings (SSSR count). The van der Waals surface area contributed by atoms with E-state index in [9.17, 15) is 0 Å². The maximum atomic E-state index is 4.98. The molecule has 0 aromatic heterocycles. The SMILES string of the molecule is CO/N=C1\CCC(C)(C)CC1C[N+](C)(C)C. The van der Waals surface area contributed by atoms with Crippen molar-refractivity contribution in [3.8, 4) is 0 Å². The van der Waals surface area contributed by atoms with Crippen LogP contribution in [0.15, 0.2) is 5.16 Å². The molecule has 0 heterocycles. The van der Waals surface area contributed by atoms with Gasteiger partial charge in [-0.3, -0.25) is 0 Å². The zero-order valence-corrected chi connectivity index (χ0v) is 11.7. The summed E-state index contributed by atoms with van der Waals surface area (Å²) in [6.07, 6.45) is 3.54. The van der Waals surface area contributed by atoms with Crippen molar-refractivity contribution in [2.24, 2.45) is 16.5 Å². The molecule has 1 atom stereocenters. The summed E-state index contributed by atoms with van der Waals surface area (Å²) in [6, 6.07) is 0. The summed E-state index contributed by atoms with van der Waals surface area (Å²) in [5.74, 6) is 0.573. The van der Waals surface area contributed by atoms with E-state index < -0.39 is 0 Å². The van der Waals surface area contributed by atoms with Crippen molar-refractivity contribution in [3.63, 3.8) is 0 Å². The minimum atomic E-state index is 0.451. The fraction of sp³-hybridized carbons (Fsp3) is 0.923. The minimum Gasteiger partial charge on any atom is -0.399 e. The van der Waals surface area contributed by atoms with Crippen LogP contribution in [0.2, 0.25) is 0 Å². The monoisotopic (exact) mass is 227 g/mol. The zero-order chi connectivity index (χ0) is 12.4. The van der Waals surface area contributed by atoms with Gasteiger partial charge in [0.15, 0.2) is 0 Å². The largest absolute Gasteiger partial charge is 0.399 e. The Morgan fingerprint density at radius 1 is 1.38 bits per heavy atom. The Morgan fingerprint density at radius 3 is 2.50 bits per heavy atom. The molecule has 0 amide bonds. The van der Waals surface area contributed by atoms with Crippen molar-refractivity contribution in [1.29, 1.82) is 0 Å². The summed E-state index contributed by atoms with van der Waals surface area (Å²) in [5, 5.41) is 4.22. The Balaban J connectivity index is 2.76. The quantitative estimate of drug-likeness (QED) is 0.536. The molecule has 0 spiro atoms. The third-order valence-corrected chi connectivity index (χ3v) is 3.30. The molecule has 1 saturated carbocycles. The molecule has 3 heteroatoms. The van der Waals surface area contributed by atoms with Crippen molar-refractivity contribution >= 4 is 5.71 Å². The lowest BCUT2D eigenvalue weighted by atomic mass is 9.71. The van der Waals surface area contributed by atoms with Gasteiger partial charge in [0, 0.05) is 0 Å². The van der Waals surface area contributed by atoms with Crippen molar-refractivity contribution in [2.45, 2.75) is 33.1 Å². The van der Waals surface area contributed by atoms with Gasteiger partial charge in [0.05, 0.1) is 39.3 Å². The molecule has 3 nitrogen and oxygen atoms in total. The Hall–Kier alpha value is -0.570. The average Bonchev–Trinajstić information content (AvgIpc) is 2.06. The van der Waals surface area contributed by atoms with Crippen LogP contribution in [0, 0.1) is 11.3 Å². The number of rotatable bonds is 3. The van der Waals surface area contributed by atoms with Crippen LogP contribution >= 0.6 is 0 Å². The Morgan fingerprint density at radius 2 is 2.00 bits per heavy atom. The highest BCUT2D eigenvalue weighted by Crippen LogP contribution is 2.37. The normalized spacial score (nSPS) is 28.1. The second kappa shape index (κ2) is 4.74. The van der Waals surface area contributed by atoms with Crippen molar-refractivity contribution in [3.05, 3.63) is 0 Å². The summed E-state index contributed by atoms with van der Waals surface area (Å²) in [7, 11) is 8.37. The van der Waals surface area contributed by atoms with Crippen molar-refractivity contribution in [1.82, 2.24) is 0 Å². The maximum Gasteiger partial charge on any atom is 0.106 e. The molecule has 1 aliphatic rings. The average molecular weight is 227 g/mol. The number of nitrogens with zero attached hydrogens (tertiary/aromatic N) is 2. The number of quaternary nitrogens is 1. The van der Waals surface area contributed by atoms with Gasteiger partial charge in [-0.25, -0.2) is 0 Å². The van der Waals surface area contributed by atoms with Crippen LogP contribution in [0.1, 0.15) is 33.1 Å². The van der Waals surface area contributed by atoms with Gasteiger partial charge < -0.3 is 9.32 Å². The topological polar surface area (TPSA) is 21.6 Å². The smallest absolute Gasteiger partial charge is 0.106 e. The maximum absolute atomic E-state index is 4.98. The molecule has 94 valence electrons. The van der Waals surface area contributed by atoms with Gasteiger partial charge in [0.25, 0.3) is 0 Å². The fourth-order valence-electron chi connectivity index (χ4n) is 2.63. The third kappa shape index (κ3) is 4.12. The molecule has 0 radical (unpaired) electrons. The molecular formula is C13H27N2O+. The van der Waals surface area contributed by atoms with Gasteiger partial charge in [-0.2, -0.15) is 0 Å². The van der Waals surface area contributed by atoms with Gasteiger partial charge in [-0.05, 0) is 24.7 Å². The first-order chi connectivity index (χ1) is 7.23. The van der Waals surface area contributed by atoms with Crippen molar-refractivity contribution < 1.29 is 9.32 Å². The molecule has 16 heavy (non-hydrogen) atoms. The lowest BCUT2D eigenvalue weighted by Gasteiger charge is -2.38. The molecule has 0 bridgehead atoms.